The van der Waals surface area contributed by atoms with E-state index in [1.165, 1.54) is 6.07 Å². The molecule has 0 radical (unpaired) electrons. The number of carbonyl (C=O) groups excluding carboxylic acids is 1. The molecule has 0 saturated carbocycles. The van der Waals surface area contributed by atoms with Crippen LogP contribution in [0.1, 0.15) is 25.8 Å². The van der Waals surface area contributed by atoms with Crippen LogP contribution in [0.2, 0.25) is 0 Å². The van der Waals surface area contributed by atoms with Gasteiger partial charge in [0.1, 0.15) is 5.75 Å². The summed E-state index contributed by atoms with van der Waals surface area (Å²) >= 11 is 0. The van der Waals surface area contributed by atoms with Crippen molar-refractivity contribution in [1.82, 2.24) is 5.32 Å². The Morgan fingerprint density at radius 3 is 2.45 bits per heavy atom. The van der Waals surface area contributed by atoms with Crippen LogP contribution in [0.25, 0.3) is 0 Å². The Kier molecular flexibility index (Phi) is 6.03. The number of carboxylic acids is 1. The number of hydrogen-bond donors (Lipinski definition) is 3. The first-order valence-electron chi connectivity index (χ1n) is 6.66. The molecule has 0 aliphatic heterocycles. The van der Waals surface area contributed by atoms with Gasteiger partial charge in [0, 0.05) is 12.1 Å². The number of para-hydroxylation sites is 1. The Morgan fingerprint density at radius 2 is 1.90 bits per heavy atom. The molecule has 1 aromatic carbocycles. The van der Waals surface area contributed by atoms with Crippen molar-refractivity contribution in [3.63, 3.8) is 0 Å². The fourth-order valence-electron chi connectivity index (χ4n) is 1.97. The molecule has 0 heterocycles. The Morgan fingerprint density at radius 1 is 1.25 bits per heavy atom. The standard InChI is InChI=1S/C15H21NO4/c1-10(2)7-12(15(19)20)9-16-14(18)8-11-5-3-4-6-13(11)17/h3-6,10,12,17H,7-9H2,1-2H3,(H,16,18)(H,19,20). The van der Waals surface area contributed by atoms with Crippen molar-refractivity contribution in [1.29, 1.82) is 0 Å². The van der Waals surface area contributed by atoms with Crippen LogP contribution in [-0.2, 0) is 16.0 Å². The van der Waals surface area contributed by atoms with Crippen LogP contribution in [0.5, 0.6) is 5.75 Å². The summed E-state index contributed by atoms with van der Waals surface area (Å²) in [4.78, 5) is 22.8. The number of carboxylic acid groups (broad SMARTS) is 1. The lowest BCUT2D eigenvalue weighted by Crippen LogP contribution is -2.34. The van der Waals surface area contributed by atoms with Gasteiger partial charge in [-0.25, -0.2) is 0 Å². The summed E-state index contributed by atoms with van der Waals surface area (Å²) < 4.78 is 0. The highest BCUT2D eigenvalue weighted by Gasteiger charge is 2.19. The first-order chi connectivity index (χ1) is 9.40. The lowest BCUT2D eigenvalue weighted by atomic mass is 9.97. The van der Waals surface area contributed by atoms with E-state index in [4.69, 9.17) is 5.11 Å². The van der Waals surface area contributed by atoms with E-state index in [1.54, 1.807) is 18.2 Å². The van der Waals surface area contributed by atoms with E-state index in [0.717, 1.165) is 0 Å². The van der Waals surface area contributed by atoms with Crippen molar-refractivity contribution in [3.05, 3.63) is 29.8 Å². The minimum absolute atomic E-state index is 0.0424. The van der Waals surface area contributed by atoms with Crippen LogP contribution in [0, 0.1) is 11.8 Å². The summed E-state index contributed by atoms with van der Waals surface area (Å²) in [5.41, 5.74) is 0.528. The Balaban J connectivity index is 2.50. The molecule has 20 heavy (non-hydrogen) atoms. The first-order valence-corrected chi connectivity index (χ1v) is 6.66. The van der Waals surface area contributed by atoms with Crippen LogP contribution in [0.3, 0.4) is 0 Å². The first kappa shape index (κ1) is 16.0. The Bertz CT molecular complexity index is 471. The predicted molar refractivity (Wildman–Crippen MR) is 75.4 cm³/mol. The summed E-state index contributed by atoms with van der Waals surface area (Å²) in [6, 6.07) is 6.60. The number of aliphatic carboxylic acids is 1. The molecule has 0 fully saturated rings. The molecule has 0 bridgehead atoms. The molecule has 1 rings (SSSR count). The molecule has 1 amide bonds. The number of hydrogen-bond acceptors (Lipinski definition) is 3. The molecule has 1 atom stereocenters. The third kappa shape index (κ3) is 5.30. The minimum atomic E-state index is -0.901. The molecule has 5 nitrogen and oxygen atoms in total. The van der Waals surface area contributed by atoms with Gasteiger partial charge in [0.25, 0.3) is 0 Å². The molecule has 0 aromatic heterocycles. The predicted octanol–water partition coefficient (Wildman–Crippen LogP) is 1.80. The molecule has 1 unspecified atom stereocenters. The highest BCUT2D eigenvalue weighted by molar-refractivity contribution is 5.80. The van der Waals surface area contributed by atoms with Crippen molar-refractivity contribution < 1.29 is 19.8 Å². The van der Waals surface area contributed by atoms with Gasteiger partial charge in [0.2, 0.25) is 5.91 Å². The van der Waals surface area contributed by atoms with Crippen LogP contribution in [0.15, 0.2) is 24.3 Å². The summed E-state index contributed by atoms with van der Waals surface area (Å²) in [5, 5.41) is 21.3. The normalized spacial score (nSPS) is 12.2. The zero-order valence-electron chi connectivity index (χ0n) is 11.8. The van der Waals surface area contributed by atoms with Gasteiger partial charge < -0.3 is 15.5 Å². The van der Waals surface area contributed by atoms with Gasteiger partial charge in [-0.15, -0.1) is 0 Å². The number of nitrogens with one attached hydrogen (secondary N) is 1. The maximum absolute atomic E-state index is 11.8. The smallest absolute Gasteiger partial charge is 0.308 e. The lowest BCUT2D eigenvalue weighted by molar-refractivity contribution is -0.142. The van der Waals surface area contributed by atoms with E-state index < -0.39 is 11.9 Å². The summed E-state index contributed by atoms with van der Waals surface area (Å²) in [6.07, 6.45) is 0.562. The van der Waals surface area contributed by atoms with Crippen LogP contribution >= 0.6 is 0 Å². The third-order valence-electron chi connectivity index (χ3n) is 2.99. The largest absolute Gasteiger partial charge is 0.508 e. The number of carbonyl (C=O) groups is 2. The van der Waals surface area contributed by atoms with Crippen molar-refractivity contribution in [2.45, 2.75) is 26.7 Å². The summed E-state index contributed by atoms with van der Waals surface area (Å²) in [5.74, 6) is -1.45. The molecule has 110 valence electrons. The van der Waals surface area contributed by atoms with Crippen LogP contribution in [-0.4, -0.2) is 28.6 Å². The molecule has 0 spiro atoms. The molecule has 0 aliphatic rings. The maximum Gasteiger partial charge on any atom is 0.308 e. The summed E-state index contributed by atoms with van der Waals surface area (Å²) in [6.45, 7) is 4.00. The zero-order valence-corrected chi connectivity index (χ0v) is 11.8. The lowest BCUT2D eigenvalue weighted by Gasteiger charge is -2.15. The highest BCUT2D eigenvalue weighted by Crippen LogP contribution is 2.16. The molecule has 3 N–H and O–H groups in total. The Labute approximate surface area is 118 Å². The fourth-order valence-corrected chi connectivity index (χ4v) is 1.97. The van der Waals surface area contributed by atoms with Crippen molar-refractivity contribution in [3.8, 4) is 5.75 Å². The second-order valence-corrected chi connectivity index (χ2v) is 5.27. The topological polar surface area (TPSA) is 86.6 Å². The average molecular weight is 279 g/mol. The number of amides is 1. The number of rotatable bonds is 7. The molecular weight excluding hydrogens is 258 g/mol. The molecular formula is C15H21NO4. The van der Waals surface area contributed by atoms with Crippen molar-refractivity contribution in [2.24, 2.45) is 11.8 Å². The number of phenols is 1. The highest BCUT2D eigenvalue weighted by atomic mass is 16.4. The van der Waals surface area contributed by atoms with Crippen molar-refractivity contribution in [2.75, 3.05) is 6.54 Å². The van der Waals surface area contributed by atoms with Gasteiger partial charge in [-0.3, -0.25) is 9.59 Å². The van der Waals surface area contributed by atoms with Gasteiger partial charge in [-0.1, -0.05) is 32.0 Å². The van der Waals surface area contributed by atoms with E-state index in [0.29, 0.717) is 12.0 Å². The van der Waals surface area contributed by atoms with Crippen LogP contribution < -0.4 is 5.32 Å². The van der Waals surface area contributed by atoms with E-state index >= 15 is 0 Å². The van der Waals surface area contributed by atoms with Gasteiger partial charge in [0.15, 0.2) is 0 Å². The third-order valence-corrected chi connectivity index (χ3v) is 2.99. The van der Waals surface area contributed by atoms with E-state index in [2.05, 4.69) is 5.32 Å². The minimum Gasteiger partial charge on any atom is -0.508 e. The molecule has 0 saturated heterocycles. The Hall–Kier alpha value is -2.04. The second-order valence-electron chi connectivity index (χ2n) is 5.27. The number of aromatic hydroxyl groups is 1. The van der Waals surface area contributed by atoms with Gasteiger partial charge in [-0.2, -0.15) is 0 Å². The summed E-state index contributed by atoms with van der Waals surface area (Å²) in [7, 11) is 0. The van der Waals surface area contributed by atoms with Gasteiger partial charge in [-0.05, 0) is 18.4 Å². The van der Waals surface area contributed by atoms with E-state index in [-0.39, 0.29) is 30.5 Å². The van der Waals surface area contributed by atoms with E-state index in [1.807, 2.05) is 13.8 Å². The zero-order chi connectivity index (χ0) is 15.1. The van der Waals surface area contributed by atoms with Gasteiger partial charge >= 0.3 is 5.97 Å². The quantitative estimate of drug-likeness (QED) is 0.710. The average Bonchev–Trinajstić information content (AvgIpc) is 2.36. The van der Waals surface area contributed by atoms with Crippen molar-refractivity contribution >= 4 is 11.9 Å². The van der Waals surface area contributed by atoms with Gasteiger partial charge in [0.05, 0.1) is 12.3 Å². The molecule has 1 aromatic rings. The van der Waals surface area contributed by atoms with E-state index in [9.17, 15) is 14.7 Å². The fraction of sp³-hybridized carbons (Fsp3) is 0.467. The molecule has 5 heteroatoms. The number of phenolic OH excluding ortho intramolecular Hbond substituents is 1. The number of benzene rings is 1. The maximum atomic E-state index is 11.8. The SMILES string of the molecule is CC(C)CC(CNC(=O)Cc1ccccc1O)C(=O)O. The van der Waals surface area contributed by atoms with Crippen LogP contribution in [0.4, 0.5) is 0 Å². The second kappa shape index (κ2) is 7.53. The monoisotopic (exact) mass is 279 g/mol. The molecule has 0 aliphatic carbocycles.